The molecule has 2 rings (SSSR count). The van der Waals surface area contributed by atoms with E-state index in [0.29, 0.717) is 18.5 Å². The van der Waals surface area contributed by atoms with Crippen LogP contribution in [0, 0.1) is 0 Å². The van der Waals surface area contributed by atoms with Crippen molar-refractivity contribution in [2.45, 2.75) is 70.4 Å². The van der Waals surface area contributed by atoms with Gasteiger partial charge in [0.05, 0.1) is 17.7 Å². The fourth-order valence-electron chi connectivity index (χ4n) is 3.52. The van der Waals surface area contributed by atoms with E-state index >= 15 is 0 Å². The number of hydrogen-bond acceptors (Lipinski definition) is 3. The van der Waals surface area contributed by atoms with Crippen LogP contribution >= 0.6 is 0 Å². The molecule has 1 aromatic carbocycles. The Kier molecular flexibility index (Phi) is 8.52. The van der Waals surface area contributed by atoms with E-state index in [4.69, 9.17) is 5.11 Å². The van der Waals surface area contributed by atoms with Crippen molar-refractivity contribution in [2.24, 2.45) is 0 Å². The van der Waals surface area contributed by atoms with Crippen molar-refractivity contribution in [3.63, 3.8) is 0 Å². The summed E-state index contributed by atoms with van der Waals surface area (Å²) >= 11 is 0. The number of rotatable bonds is 11. The minimum atomic E-state index is -0.922. The number of likely N-dealkylation sites (tertiary alicyclic amines) is 1. The fraction of sp³-hybridized carbons (Fsp3) is 0.545. The van der Waals surface area contributed by atoms with E-state index in [1.807, 2.05) is 23.1 Å². The highest BCUT2D eigenvalue weighted by atomic mass is 16.4. The Hall–Kier alpha value is -2.14. The highest BCUT2D eigenvalue weighted by Crippen LogP contribution is 2.21. The van der Waals surface area contributed by atoms with Crippen LogP contribution in [0.4, 0.5) is 0 Å². The van der Waals surface area contributed by atoms with Crippen molar-refractivity contribution in [2.75, 3.05) is 6.54 Å². The van der Waals surface area contributed by atoms with E-state index in [-0.39, 0.29) is 11.9 Å². The van der Waals surface area contributed by atoms with Gasteiger partial charge in [0.25, 0.3) is 0 Å². The van der Waals surface area contributed by atoms with Gasteiger partial charge < -0.3 is 15.1 Å². The first kappa shape index (κ1) is 21.2. The fourth-order valence-corrected chi connectivity index (χ4v) is 3.52. The number of carboxylic acids is 1. The first-order chi connectivity index (χ1) is 13.0. The van der Waals surface area contributed by atoms with Crippen molar-refractivity contribution in [3.05, 3.63) is 47.5 Å². The average Bonchev–Trinajstić information content (AvgIpc) is 3.00. The predicted molar refractivity (Wildman–Crippen MR) is 106 cm³/mol. The summed E-state index contributed by atoms with van der Waals surface area (Å²) in [5.74, 6) is -0.765. The molecule has 1 fully saturated rings. The molecular formula is C22H31NO4. The summed E-state index contributed by atoms with van der Waals surface area (Å²) in [5.41, 5.74) is 1.27. The Balaban J connectivity index is 1.83. The predicted octanol–water partition coefficient (Wildman–Crippen LogP) is 3.81. The van der Waals surface area contributed by atoms with E-state index in [1.165, 1.54) is 0 Å². The molecule has 2 atom stereocenters. The second kappa shape index (κ2) is 10.9. The first-order valence-corrected chi connectivity index (χ1v) is 9.99. The normalized spacial score (nSPS) is 18.4. The summed E-state index contributed by atoms with van der Waals surface area (Å²) in [5, 5.41) is 19.1. The maximum Gasteiger partial charge on any atom is 0.335 e. The molecule has 5 nitrogen and oxygen atoms in total. The minimum absolute atomic E-state index is 0.0590. The van der Waals surface area contributed by atoms with Crippen LogP contribution in [-0.2, 0) is 11.2 Å². The standard InChI is InChI=1S/C22H31NO4/c1-2-3-4-10-20(24)13-11-19-12-14-21(25)23(19)15-6-8-17-7-5-9-18(16-17)22(26)27/h5,7,9,11,13,16,19-20,24H,2-4,6,8,10,12,14-15H2,1H3,(H,26,27)/t19-,20-/m0/s1. The molecule has 5 heteroatoms. The monoisotopic (exact) mass is 373 g/mol. The molecule has 0 bridgehead atoms. The van der Waals surface area contributed by atoms with Crippen molar-refractivity contribution in [3.8, 4) is 0 Å². The molecule has 0 spiro atoms. The van der Waals surface area contributed by atoms with Gasteiger partial charge in [0.1, 0.15) is 0 Å². The third kappa shape index (κ3) is 6.83. The lowest BCUT2D eigenvalue weighted by Gasteiger charge is -2.22. The quantitative estimate of drug-likeness (QED) is 0.457. The summed E-state index contributed by atoms with van der Waals surface area (Å²) in [4.78, 5) is 25.1. The van der Waals surface area contributed by atoms with Crippen LogP contribution in [0.5, 0.6) is 0 Å². The summed E-state index contributed by atoms with van der Waals surface area (Å²) in [6, 6.07) is 7.01. The van der Waals surface area contributed by atoms with Gasteiger partial charge in [-0.25, -0.2) is 4.79 Å². The number of carboxylic acid groups (broad SMARTS) is 1. The Morgan fingerprint density at radius 1 is 1.33 bits per heavy atom. The minimum Gasteiger partial charge on any atom is -0.478 e. The number of nitrogens with zero attached hydrogens (tertiary/aromatic N) is 1. The van der Waals surface area contributed by atoms with Gasteiger partial charge in [0.15, 0.2) is 0 Å². The molecule has 0 aliphatic carbocycles. The Morgan fingerprint density at radius 3 is 2.89 bits per heavy atom. The number of aryl methyl sites for hydroxylation is 1. The SMILES string of the molecule is CCCCC[C@H](O)C=C[C@H]1CCC(=O)N1CCCc1cccc(C(=O)O)c1. The maximum atomic E-state index is 12.2. The van der Waals surface area contributed by atoms with Crippen LogP contribution in [0.1, 0.15) is 67.8 Å². The molecule has 148 valence electrons. The van der Waals surface area contributed by atoms with Crippen molar-refractivity contribution < 1.29 is 19.8 Å². The zero-order valence-electron chi connectivity index (χ0n) is 16.1. The molecule has 0 saturated carbocycles. The number of carbonyl (C=O) groups is 2. The van der Waals surface area contributed by atoms with Gasteiger partial charge in [0.2, 0.25) is 5.91 Å². The molecule has 0 radical (unpaired) electrons. The van der Waals surface area contributed by atoms with Gasteiger partial charge in [-0.3, -0.25) is 4.79 Å². The molecule has 0 unspecified atom stereocenters. The number of amides is 1. The lowest BCUT2D eigenvalue weighted by atomic mass is 10.1. The number of aliphatic hydroxyl groups is 1. The van der Waals surface area contributed by atoms with Gasteiger partial charge >= 0.3 is 5.97 Å². The molecule has 27 heavy (non-hydrogen) atoms. The highest BCUT2D eigenvalue weighted by Gasteiger charge is 2.28. The average molecular weight is 373 g/mol. The largest absolute Gasteiger partial charge is 0.478 e. The second-order valence-electron chi connectivity index (χ2n) is 7.25. The maximum absolute atomic E-state index is 12.2. The number of aliphatic hydroxyl groups excluding tert-OH is 1. The Morgan fingerprint density at radius 2 is 2.15 bits per heavy atom. The third-order valence-electron chi connectivity index (χ3n) is 5.07. The van der Waals surface area contributed by atoms with Gasteiger partial charge in [-0.15, -0.1) is 0 Å². The van der Waals surface area contributed by atoms with Crippen molar-refractivity contribution in [1.29, 1.82) is 0 Å². The number of carbonyl (C=O) groups excluding carboxylic acids is 1. The van der Waals surface area contributed by atoms with Crippen LogP contribution in [0.2, 0.25) is 0 Å². The van der Waals surface area contributed by atoms with Gasteiger partial charge in [-0.1, -0.05) is 50.5 Å². The molecule has 1 amide bonds. The number of hydrogen-bond donors (Lipinski definition) is 2. The van der Waals surface area contributed by atoms with E-state index in [0.717, 1.165) is 50.5 Å². The molecule has 1 aromatic rings. The first-order valence-electron chi connectivity index (χ1n) is 9.99. The Labute approximate surface area is 161 Å². The summed E-state index contributed by atoms with van der Waals surface area (Å²) in [6.07, 6.45) is 10.3. The summed E-state index contributed by atoms with van der Waals surface area (Å²) < 4.78 is 0. The van der Waals surface area contributed by atoms with E-state index in [1.54, 1.807) is 18.2 Å². The molecule has 1 heterocycles. The topological polar surface area (TPSA) is 77.8 Å². The summed E-state index contributed by atoms with van der Waals surface area (Å²) in [6.45, 7) is 2.79. The third-order valence-corrected chi connectivity index (χ3v) is 5.07. The van der Waals surface area contributed by atoms with Crippen LogP contribution in [0.3, 0.4) is 0 Å². The van der Waals surface area contributed by atoms with Gasteiger partial charge in [-0.05, 0) is 43.4 Å². The van der Waals surface area contributed by atoms with Gasteiger partial charge in [0, 0.05) is 13.0 Å². The van der Waals surface area contributed by atoms with E-state index in [2.05, 4.69) is 6.92 Å². The molecular weight excluding hydrogens is 342 g/mol. The number of benzene rings is 1. The zero-order chi connectivity index (χ0) is 19.6. The molecule has 2 N–H and O–H groups in total. The van der Waals surface area contributed by atoms with E-state index < -0.39 is 12.1 Å². The Bertz CT molecular complexity index is 655. The van der Waals surface area contributed by atoms with Gasteiger partial charge in [-0.2, -0.15) is 0 Å². The summed E-state index contributed by atoms with van der Waals surface area (Å²) in [7, 11) is 0. The lowest BCUT2D eigenvalue weighted by Crippen LogP contribution is -2.33. The smallest absolute Gasteiger partial charge is 0.335 e. The lowest BCUT2D eigenvalue weighted by molar-refractivity contribution is -0.128. The molecule has 1 aliphatic heterocycles. The van der Waals surface area contributed by atoms with Crippen molar-refractivity contribution >= 4 is 11.9 Å². The van der Waals surface area contributed by atoms with Crippen LogP contribution in [0.15, 0.2) is 36.4 Å². The van der Waals surface area contributed by atoms with E-state index in [9.17, 15) is 14.7 Å². The van der Waals surface area contributed by atoms with Crippen LogP contribution in [-0.4, -0.2) is 45.7 Å². The molecule has 0 aromatic heterocycles. The molecule has 1 saturated heterocycles. The zero-order valence-corrected chi connectivity index (χ0v) is 16.1. The van der Waals surface area contributed by atoms with Crippen LogP contribution in [0.25, 0.3) is 0 Å². The second-order valence-corrected chi connectivity index (χ2v) is 7.25. The van der Waals surface area contributed by atoms with Crippen LogP contribution < -0.4 is 0 Å². The van der Waals surface area contributed by atoms with Crippen molar-refractivity contribution in [1.82, 2.24) is 4.90 Å². The highest BCUT2D eigenvalue weighted by molar-refractivity contribution is 5.87. The molecule has 1 aliphatic rings. The number of aromatic carboxylic acids is 1. The number of unbranched alkanes of at least 4 members (excludes halogenated alkanes) is 2.